The quantitative estimate of drug-likeness (QED) is 0.781. The average molecular weight is 347 g/mol. The SMILES string of the molecule is Cc1noc(CNS(=O)(=O)c2ccc(C(N)=S)c(Cl)c2)n1. The number of thiocarbonyl (C=S) groups is 1. The van der Waals surface area contributed by atoms with Crippen LogP contribution in [-0.4, -0.2) is 23.5 Å². The molecule has 0 aliphatic rings. The molecule has 0 fully saturated rings. The molecule has 1 aromatic heterocycles. The van der Waals surface area contributed by atoms with Crippen molar-refractivity contribution >= 4 is 38.8 Å². The molecule has 0 spiro atoms. The van der Waals surface area contributed by atoms with Gasteiger partial charge in [0.15, 0.2) is 5.82 Å². The number of rotatable bonds is 5. The summed E-state index contributed by atoms with van der Waals surface area (Å²) in [4.78, 5) is 3.98. The van der Waals surface area contributed by atoms with Crippen LogP contribution in [0.3, 0.4) is 0 Å². The second-order valence-corrected chi connectivity index (χ2v) is 6.68. The number of nitrogens with two attached hydrogens (primary N) is 1. The molecule has 0 atom stereocenters. The van der Waals surface area contributed by atoms with E-state index in [0.717, 1.165) is 0 Å². The molecule has 0 aliphatic heterocycles. The highest BCUT2D eigenvalue weighted by molar-refractivity contribution is 7.89. The van der Waals surface area contributed by atoms with Gasteiger partial charge in [0.2, 0.25) is 15.9 Å². The lowest BCUT2D eigenvalue weighted by molar-refractivity contribution is 0.372. The molecule has 2 aromatic rings. The van der Waals surface area contributed by atoms with Crippen LogP contribution >= 0.6 is 23.8 Å². The van der Waals surface area contributed by atoms with Gasteiger partial charge in [0.25, 0.3) is 0 Å². The number of nitrogens with zero attached hydrogens (tertiary/aromatic N) is 2. The van der Waals surface area contributed by atoms with Gasteiger partial charge < -0.3 is 10.3 Å². The van der Waals surface area contributed by atoms with Gasteiger partial charge >= 0.3 is 0 Å². The molecule has 0 aliphatic carbocycles. The van der Waals surface area contributed by atoms with Gasteiger partial charge in [-0.05, 0) is 25.1 Å². The molecule has 0 saturated heterocycles. The normalized spacial score (nSPS) is 11.5. The molecule has 7 nitrogen and oxygen atoms in total. The van der Waals surface area contributed by atoms with E-state index in [2.05, 4.69) is 14.9 Å². The van der Waals surface area contributed by atoms with Gasteiger partial charge in [0.1, 0.15) is 4.99 Å². The zero-order valence-corrected chi connectivity index (χ0v) is 13.2. The predicted molar refractivity (Wildman–Crippen MR) is 80.4 cm³/mol. The molecule has 1 aromatic carbocycles. The Balaban J connectivity index is 2.19. The monoisotopic (exact) mass is 346 g/mol. The van der Waals surface area contributed by atoms with Gasteiger partial charge in [-0.3, -0.25) is 0 Å². The summed E-state index contributed by atoms with van der Waals surface area (Å²) in [5.41, 5.74) is 5.88. The average Bonchev–Trinajstić information content (AvgIpc) is 2.82. The van der Waals surface area contributed by atoms with Crippen LogP contribution in [0.1, 0.15) is 17.3 Å². The van der Waals surface area contributed by atoms with Gasteiger partial charge in [0, 0.05) is 5.56 Å². The Morgan fingerprint density at radius 1 is 1.52 bits per heavy atom. The Hall–Kier alpha value is -1.55. The van der Waals surface area contributed by atoms with Crippen LogP contribution in [0.15, 0.2) is 27.6 Å². The lowest BCUT2D eigenvalue weighted by atomic mass is 10.2. The second-order valence-electron chi connectivity index (χ2n) is 4.07. The van der Waals surface area contributed by atoms with Crippen molar-refractivity contribution in [1.29, 1.82) is 0 Å². The number of hydrogen-bond donors (Lipinski definition) is 2. The fourth-order valence-electron chi connectivity index (χ4n) is 1.51. The van der Waals surface area contributed by atoms with E-state index in [4.69, 9.17) is 34.1 Å². The van der Waals surface area contributed by atoms with Gasteiger partial charge in [-0.2, -0.15) is 4.98 Å². The highest BCUT2D eigenvalue weighted by atomic mass is 35.5. The summed E-state index contributed by atoms with van der Waals surface area (Å²) >= 11 is 10.8. The van der Waals surface area contributed by atoms with Crippen LogP contribution in [0, 0.1) is 6.92 Å². The molecule has 0 radical (unpaired) electrons. The summed E-state index contributed by atoms with van der Waals surface area (Å²) in [5, 5.41) is 3.73. The minimum atomic E-state index is -3.76. The molecular formula is C11H11ClN4O3S2. The van der Waals surface area contributed by atoms with Crippen molar-refractivity contribution in [3.63, 3.8) is 0 Å². The van der Waals surface area contributed by atoms with E-state index < -0.39 is 10.0 Å². The summed E-state index contributed by atoms with van der Waals surface area (Å²) in [5.74, 6) is 0.593. The van der Waals surface area contributed by atoms with Crippen molar-refractivity contribution in [2.45, 2.75) is 18.4 Å². The largest absolute Gasteiger partial charge is 0.389 e. The molecule has 10 heteroatoms. The van der Waals surface area contributed by atoms with Crippen molar-refractivity contribution < 1.29 is 12.9 Å². The fraction of sp³-hybridized carbons (Fsp3) is 0.182. The van der Waals surface area contributed by atoms with Gasteiger partial charge in [-0.1, -0.05) is 29.0 Å². The first-order valence-corrected chi connectivity index (χ1v) is 7.95. The third kappa shape index (κ3) is 3.76. The number of nitrogens with one attached hydrogen (secondary N) is 1. The third-order valence-electron chi connectivity index (χ3n) is 2.50. The van der Waals surface area contributed by atoms with Crippen molar-refractivity contribution in [2.24, 2.45) is 5.73 Å². The van der Waals surface area contributed by atoms with E-state index in [0.29, 0.717) is 11.4 Å². The topological polar surface area (TPSA) is 111 Å². The smallest absolute Gasteiger partial charge is 0.241 e. The predicted octanol–water partition coefficient (Wildman–Crippen LogP) is 1.14. The molecule has 21 heavy (non-hydrogen) atoms. The lowest BCUT2D eigenvalue weighted by Gasteiger charge is -2.07. The van der Waals surface area contributed by atoms with Gasteiger partial charge in [0.05, 0.1) is 16.5 Å². The standard InChI is InChI=1S/C11H11ClN4O3S2/c1-6-15-10(19-16-6)5-14-21(17,18)7-2-3-8(11(13)20)9(12)4-7/h2-4,14H,5H2,1H3,(H2,13,20). The maximum Gasteiger partial charge on any atom is 0.241 e. The summed E-state index contributed by atoms with van der Waals surface area (Å²) in [6.07, 6.45) is 0. The number of sulfonamides is 1. The zero-order chi connectivity index (χ0) is 15.6. The third-order valence-corrected chi connectivity index (χ3v) is 4.43. The number of aryl methyl sites for hydroxylation is 1. The fourth-order valence-corrected chi connectivity index (χ4v) is 3.10. The van der Waals surface area contributed by atoms with Gasteiger partial charge in [-0.25, -0.2) is 13.1 Å². The van der Waals surface area contributed by atoms with E-state index in [9.17, 15) is 8.42 Å². The number of aromatic nitrogens is 2. The molecule has 0 amide bonds. The first-order chi connectivity index (χ1) is 9.79. The maximum atomic E-state index is 12.1. The summed E-state index contributed by atoms with van der Waals surface area (Å²) in [6.45, 7) is 1.52. The zero-order valence-electron chi connectivity index (χ0n) is 10.8. The Morgan fingerprint density at radius 3 is 2.76 bits per heavy atom. The highest BCUT2D eigenvalue weighted by Crippen LogP contribution is 2.21. The van der Waals surface area contributed by atoms with Crippen LogP contribution in [0.25, 0.3) is 0 Å². The molecule has 0 saturated carbocycles. The minimum Gasteiger partial charge on any atom is -0.389 e. The Bertz CT molecular complexity index is 789. The molecular weight excluding hydrogens is 336 g/mol. The van der Waals surface area contributed by atoms with Crippen molar-refractivity contribution in [1.82, 2.24) is 14.9 Å². The number of halogens is 1. The van der Waals surface area contributed by atoms with E-state index in [1.54, 1.807) is 6.92 Å². The van der Waals surface area contributed by atoms with Crippen LogP contribution in [0.5, 0.6) is 0 Å². The molecule has 2 rings (SSSR count). The van der Waals surface area contributed by atoms with Gasteiger partial charge in [-0.15, -0.1) is 0 Å². The summed E-state index contributed by atoms with van der Waals surface area (Å²) < 4.78 is 31.4. The summed E-state index contributed by atoms with van der Waals surface area (Å²) in [7, 11) is -3.76. The maximum absolute atomic E-state index is 12.1. The van der Waals surface area contributed by atoms with E-state index >= 15 is 0 Å². The lowest BCUT2D eigenvalue weighted by Crippen LogP contribution is -2.23. The van der Waals surface area contributed by atoms with E-state index in [1.807, 2.05) is 0 Å². The van der Waals surface area contributed by atoms with Crippen molar-refractivity contribution in [3.8, 4) is 0 Å². The van der Waals surface area contributed by atoms with Crippen LogP contribution in [0.4, 0.5) is 0 Å². The Labute approximate surface area is 131 Å². The first-order valence-electron chi connectivity index (χ1n) is 5.68. The van der Waals surface area contributed by atoms with Crippen molar-refractivity contribution in [3.05, 3.63) is 40.5 Å². The first kappa shape index (κ1) is 15.8. The molecule has 112 valence electrons. The number of hydrogen-bond acceptors (Lipinski definition) is 6. The van der Waals surface area contributed by atoms with Crippen LogP contribution in [-0.2, 0) is 16.6 Å². The number of benzene rings is 1. The van der Waals surface area contributed by atoms with E-state index in [1.165, 1.54) is 18.2 Å². The Kier molecular flexibility index (Phi) is 4.57. The van der Waals surface area contributed by atoms with Crippen LogP contribution in [0.2, 0.25) is 5.02 Å². The molecule has 3 N–H and O–H groups in total. The second kappa shape index (κ2) is 6.06. The summed E-state index contributed by atoms with van der Waals surface area (Å²) in [6, 6.07) is 4.09. The minimum absolute atomic E-state index is 0.0104. The van der Waals surface area contributed by atoms with Crippen molar-refractivity contribution in [2.75, 3.05) is 0 Å². The molecule has 0 unspecified atom stereocenters. The molecule has 1 heterocycles. The van der Waals surface area contributed by atoms with E-state index in [-0.39, 0.29) is 27.3 Å². The Morgan fingerprint density at radius 2 is 2.24 bits per heavy atom. The van der Waals surface area contributed by atoms with Crippen LogP contribution < -0.4 is 10.5 Å². The highest BCUT2D eigenvalue weighted by Gasteiger charge is 2.17. The molecule has 0 bridgehead atoms.